The molecule has 2 N–H and O–H groups in total. The molecule has 0 bridgehead atoms. The summed E-state index contributed by atoms with van der Waals surface area (Å²) in [5.74, 6) is -0.742. The maximum atomic E-state index is 12.7. The molecule has 2 aromatic rings. The molecule has 0 unspecified atom stereocenters. The Morgan fingerprint density at radius 2 is 1.95 bits per heavy atom. The zero-order valence-electron chi connectivity index (χ0n) is 11.1. The normalized spacial score (nSPS) is 10.1. The van der Waals surface area contributed by atoms with Gasteiger partial charge in [-0.2, -0.15) is 0 Å². The largest absolute Gasteiger partial charge is 0.355 e. The van der Waals surface area contributed by atoms with E-state index in [9.17, 15) is 14.0 Å². The van der Waals surface area contributed by atoms with Crippen LogP contribution >= 0.6 is 11.3 Å². The third-order valence-electron chi connectivity index (χ3n) is 2.63. The Morgan fingerprint density at radius 3 is 2.62 bits per heavy atom. The van der Waals surface area contributed by atoms with E-state index in [-0.39, 0.29) is 37.0 Å². The van der Waals surface area contributed by atoms with Gasteiger partial charge in [-0.3, -0.25) is 9.59 Å². The van der Waals surface area contributed by atoms with E-state index < -0.39 is 0 Å². The second kappa shape index (κ2) is 7.49. The molecule has 0 aliphatic carbocycles. The molecule has 110 valence electrons. The number of nitrogens with one attached hydrogen (secondary N) is 2. The number of hydrogen-bond acceptors (Lipinski definition) is 4. The minimum Gasteiger partial charge on any atom is -0.355 e. The zero-order valence-corrected chi connectivity index (χ0v) is 12.0. The summed E-state index contributed by atoms with van der Waals surface area (Å²) in [6, 6.07) is 5.74. The molecule has 2 amide bonds. The van der Waals surface area contributed by atoms with Gasteiger partial charge in [0.15, 0.2) is 5.13 Å². The van der Waals surface area contributed by atoms with Crippen molar-refractivity contribution >= 4 is 28.3 Å². The highest BCUT2D eigenvalue weighted by atomic mass is 32.1. The number of nitrogens with zero attached hydrogens (tertiary/aromatic N) is 1. The smallest absolute Gasteiger partial charge is 0.227 e. The van der Waals surface area contributed by atoms with Crippen molar-refractivity contribution in [3.8, 4) is 0 Å². The first-order chi connectivity index (χ1) is 10.1. The number of carbonyl (C=O) groups is 2. The van der Waals surface area contributed by atoms with Crippen molar-refractivity contribution in [1.29, 1.82) is 0 Å². The number of anilines is 1. The number of amides is 2. The fourth-order valence-electron chi connectivity index (χ4n) is 1.63. The summed E-state index contributed by atoms with van der Waals surface area (Å²) in [6.45, 7) is 0.247. The molecule has 1 heterocycles. The average molecular weight is 307 g/mol. The summed E-state index contributed by atoms with van der Waals surface area (Å²) in [5.41, 5.74) is 0.723. The van der Waals surface area contributed by atoms with Crippen molar-refractivity contribution in [2.45, 2.75) is 12.8 Å². The van der Waals surface area contributed by atoms with Crippen LogP contribution < -0.4 is 10.6 Å². The predicted molar refractivity (Wildman–Crippen MR) is 78.5 cm³/mol. The fraction of sp³-hybridized carbons (Fsp3) is 0.214. The number of rotatable bonds is 6. The van der Waals surface area contributed by atoms with E-state index in [1.807, 2.05) is 0 Å². The number of halogens is 1. The van der Waals surface area contributed by atoms with Crippen molar-refractivity contribution in [3.05, 3.63) is 47.2 Å². The number of hydrogen-bond donors (Lipinski definition) is 2. The Bertz CT molecular complexity index is 599. The van der Waals surface area contributed by atoms with Crippen LogP contribution in [0.3, 0.4) is 0 Å². The third-order valence-corrected chi connectivity index (χ3v) is 3.32. The lowest BCUT2D eigenvalue weighted by molar-refractivity contribution is -0.120. The fourth-order valence-corrected chi connectivity index (χ4v) is 2.18. The lowest BCUT2D eigenvalue weighted by atomic mass is 10.1. The zero-order chi connectivity index (χ0) is 15.1. The molecule has 0 radical (unpaired) electrons. The lowest BCUT2D eigenvalue weighted by Gasteiger charge is -2.05. The molecule has 1 aromatic heterocycles. The number of aromatic nitrogens is 1. The van der Waals surface area contributed by atoms with E-state index in [1.54, 1.807) is 23.7 Å². The first-order valence-corrected chi connectivity index (χ1v) is 7.22. The van der Waals surface area contributed by atoms with Gasteiger partial charge < -0.3 is 10.6 Å². The Kier molecular flexibility index (Phi) is 5.39. The molecule has 5 nitrogen and oxygen atoms in total. The number of benzene rings is 1. The van der Waals surface area contributed by atoms with E-state index in [1.165, 1.54) is 23.5 Å². The summed E-state index contributed by atoms with van der Waals surface area (Å²) in [6.07, 6.45) is 1.94. The Labute approximate surface area is 125 Å². The van der Waals surface area contributed by atoms with Crippen LogP contribution in [0.25, 0.3) is 0 Å². The lowest BCUT2D eigenvalue weighted by Crippen LogP contribution is -2.28. The van der Waals surface area contributed by atoms with Crippen LogP contribution in [0.15, 0.2) is 35.8 Å². The molecule has 0 fully saturated rings. The van der Waals surface area contributed by atoms with E-state index in [0.29, 0.717) is 5.13 Å². The highest BCUT2D eigenvalue weighted by Crippen LogP contribution is 2.10. The van der Waals surface area contributed by atoms with Crippen LogP contribution in [0.5, 0.6) is 0 Å². The molecule has 1 aromatic carbocycles. The third kappa shape index (κ3) is 5.31. The predicted octanol–water partition coefficient (Wildman–Crippen LogP) is 1.97. The molecule has 0 spiro atoms. The molecular formula is C14H14FN3O2S. The van der Waals surface area contributed by atoms with Gasteiger partial charge in [0.25, 0.3) is 0 Å². The van der Waals surface area contributed by atoms with Crippen LogP contribution in [0.2, 0.25) is 0 Å². The summed E-state index contributed by atoms with van der Waals surface area (Å²) in [5, 5.41) is 7.58. The summed E-state index contributed by atoms with van der Waals surface area (Å²) in [7, 11) is 0. The van der Waals surface area contributed by atoms with Crippen LogP contribution in [0.4, 0.5) is 9.52 Å². The Hall–Kier alpha value is -2.28. The molecule has 0 aliphatic rings. The van der Waals surface area contributed by atoms with Crippen LogP contribution in [-0.2, 0) is 16.0 Å². The number of thiazole rings is 1. The topological polar surface area (TPSA) is 71.1 Å². The average Bonchev–Trinajstić information content (AvgIpc) is 2.94. The molecule has 2 rings (SSSR count). The second-order valence-electron chi connectivity index (χ2n) is 4.29. The number of carbonyl (C=O) groups excluding carboxylic acids is 2. The van der Waals surface area contributed by atoms with Crippen LogP contribution in [0.1, 0.15) is 12.0 Å². The van der Waals surface area contributed by atoms with E-state index in [2.05, 4.69) is 15.6 Å². The molecule has 0 atom stereocenters. The first-order valence-electron chi connectivity index (χ1n) is 6.34. The Morgan fingerprint density at radius 1 is 1.19 bits per heavy atom. The van der Waals surface area contributed by atoms with Gasteiger partial charge in [-0.1, -0.05) is 12.1 Å². The molecule has 0 saturated carbocycles. The molecule has 0 saturated heterocycles. The Balaban J connectivity index is 1.67. The van der Waals surface area contributed by atoms with Crippen molar-refractivity contribution in [3.63, 3.8) is 0 Å². The van der Waals surface area contributed by atoms with Gasteiger partial charge >= 0.3 is 0 Å². The summed E-state index contributed by atoms with van der Waals surface area (Å²) in [4.78, 5) is 27.1. The van der Waals surface area contributed by atoms with Gasteiger partial charge in [-0.05, 0) is 17.7 Å². The van der Waals surface area contributed by atoms with Crippen molar-refractivity contribution in [1.82, 2.24) is 10.3 Å². The maximum absolute atomic E-state index is 12.7. The van der Waals surface area contributed by atoms with Crippen LogP contribution in [-0.4, -0.2) is 23.3 Å². The second-order valence-corrected chi connectivity index (χ2v) is 5.18. The van der Waals surface area contributed by atoms with Crippen LogP contribution in [0, 0.1) is 5.82 Å². The summed E-state index contributed by atoms with van der Waals surface area (Å²) < 4.78 is 12.7. The van der Waals surface area contributed by atoms with Gasteiger partial charge in [0, 0.05) is 24.5 Å². The van der Waals surface area contributed by atoms with Gasteiger partial charge in [0.2, 0.25) is 11.8 Å². The summed E-state index contributed by atoms with van der Waals surface area (Å²) >= 11 is 1.33. The van der Waals surface area contributed by atoms with Crippen molar-refractivity contribution in [2.24, 2.45) is 0 Å². The molecule has 0 aliphatic heterocycles. The van der Waals surface area contributed by atoms with Crippen molar-refractivity contribution in [2.75, 3.05) is 11.9 Å². The monoisotopic (exact) mass is 307 g/mol. The highest BCUT2D eigenvalue weighted by Gasteiger charge is 2.06. The molecular weight excluding hydrogens is 293 g/mol. The standard InChI is InChI=1S/C14H14FN3O2S/c15-11-3-1-10(2-4-11)9-13(20)16-6-5-12(19)18-14-17-7-8-21-14/h1-4,7-8H,5-6,9H2,(H,16,20)(H,17,18,19). The molecule has 7 heteroatoms. The first kappa shape index (κ1) is 15.1. The minimum absolute atomic E-state index is 0.161. The highest BCUT2D eigenvalue weighted by molar-refractivity contribution is 7.13. The van der Waals surface area contributed by atoms with E-state index in [4.69, 9.17) is 0 Å². The molecule has 21 heavy (non-hydrogen) atoms. The van der Waals surface area contributed by atoms with Gasteiger partial charge in [-0.25, -0.2) is 9.37 Å². The maximum Gasteiger partial charge on any atom is 0.227 e. The van der Waals surface area contributed by atoms with E-state index in [0.717, 1.165) is 5.56 Å². The van der Waals surface area contributed by atoms with Gasteiger partial charge in [0.05, 0.1) is 6.42 Å². The van der Waals surface area contributed by atoms with Gasteiger partial charge in [0.1, 0.15) is 5.82 Å². The van der Waals surface area contributed by atoms with Gasteiger partial charge in [-0.15, -0.1) is 11.3 Å². The SMILES string of the molecule is O=C(Cc1ccc(F)cc1)NCCC(=O)Nc1nccs1. The quantitative estimate of drug-likeness (QED) is 0.857. The van der Waals surface area contributed by atoms with Crippen molar-refractivity contribution < 1.29 is 14.0 Å². The van der Waals surface area contributed by atoms with E-state index >= 15 is 0 Å². The minimum atomic E-state index is -0.335.